The van der Waals surface area contributed by atoms with Crippen molar-refractivity contribution in [3.8, 4) is 11.1 Å². The molecular weight excluding hydrogens is 578 g/mol. The maximum absolute atomic E-state index is 13.8. The molecule has 2 amide bonds. The van der Waals surface area contributed by atoms with E-state index in [2.05, 4.69) is 68.7 Å². The van der Waals surface area contributed by atoms with E-state index in [0.717, 1.165) is 97.5 Å². The highest BCUT2D eigenvalue weighted by Gasteiger charge is 2.19. The van der Waals surface area contributed by atoms with E-state index >= 15 is 0 Å². The van der Waals surface area contributed by atoms with Crippen LogP contribution in [0, 0.1) is 6.92 Å². The zero-order valence-electron chi connectivity index (χ0n) is 27.2. The number of hydrogen-bond acceptors (Lipinski definition) is 6. The van der Waals surface area contributed by atoms with Crippen molar-refractivity contribution in [2.24, 2.45) is 0 Å². The molecule has 1 fully saturated rings. The van der Waals surface area contributed by atoms with Gasteiger partial charge >= 0.3 is 0 Å². The van der Waals surface area contributed by atoms with Crippen molar-refractivity contribution < 1.29 is 9.59 Å². The molecular formula is C36H45N7O3. The number of fused-ring (bicyclic) bond motifs is 1. The molecule has 46 heavy (non-hydrogen) atoms. The van der Waals surface area contributed by atoms with Gasteiger partial charge in [0.15, 0.2) is 0 Å². The normalized spacial score (nSPS) is 13.6. The Kier molecular flexibility index (Phi) is 10.7. The molecule has 4 aromatic rings. The topological polar surface area (TPSA) is 115 Å². The van der Waals surface area contributed by atoms with E-state index in [1.165, 1.54) is 6.08 Å². The summed E-state index contributed by atoms with van der Waals surface area (Å²) in [6.07, 6.45) is 8.51. The van der Waals surface area contributed by atoms with E-state index in [1.807, 2.05) is 37.5 Å². The standard InChI is InChI=1S/C36H45N7O3/c1-5-9-26-20-25(3)40-36(46)31(26)24-39-35(45)30-21-28(27-10-11-33(38-23-27)43-18-16-41(4)17-19-43)22-32-29(30)12-15-42(32)14-8-7-13-37-34(44)6-2/h6,10-12,15,20-23H,2,5,7-9,13-14,16-19,24H2,1,3-4H3,(H,37,44)(H,39,45)(H,40,46). The fourth-order valence-corrected chi connectivity index (χ4v) is 6.05. The number of piperazine rings is 1. The van der Waals surface area contributed by atoms with Gasteiger partial charge in [0.05, 0.1) is 0 Å². The molecule has 3 aromatic heterocycles. The van der Waals surface area contributed by atoms with Crippen molar-refractivity contribution in [1.82, 2.24) is 30.1 Å². The molecule has 1 aromatic carbocycles. The number of amides is 2. The molecule has 0 spiro atoms. The molecule has 1 saturated heterocycles. The fraction of sp³-hybridized carbons (Fsp3) is 0.389. The Morgan fingerprint density at radius 1 is 1.04 bits per heavy atom. The van der Waals surface area contributed by atoms with Crippen LogP contribution < -0.4 is 21.1 Å². The number of carbonyl (C=O) groups is 2. The number of aromatic nitrogens is 3. The number of benzene rings is 1. The SMILES string of the molecule is C=CC(=O)NCCCCn1ccc2c(C(=O)NCc3c(CCC)cc(C)[nH]c3=O)cc(-c3ccc(N4CCN(C)CC4)nc3)cc21. The van der Waals surface area contributed by atoms with Crippen molar-refractivity contribution in [3.05, 3.63) is 94.2 Å². The number of hydrogen-bond donors (Lipinski definition) is 3. The molecule has 5 rings (SSSR count). The van der Waals surface area contributed by atoms with Gasteiger partial charge in [0.2, 0.25) is 5.91 Å². The number of nitrogens with one attached hydrogen (secondary N) is 3. The van der Waals surface area contributed by atoms with Crippen molar-refractivity contribution in [2.45, 2.75) is 52.6 Å². The number of likely N-dealkylation sites (N-methyl/N-ethyl adjacent to an activating group) is 1. The van der Waals surface area contributed by atoms with Gasteiger partial charge in [-0.3, -0.25) is 14.4 Å². The molecule has 0 radical (unpaired) electrons. The largest absolute Gasteiger partial charge is 0.354 e. The molecule has 0 aliphatic carbocycles. The number of rotatable bonds is 13. The Balaban J connectivity index is 1.43. The minimum absolute atomic E-state index is 0.147. The van der Waals surface area contributed by atoms with Crippen LogP contribution in [0.15, 0.2) is 66.2 Å². The lowest BCUT2D eigenvalue weighted by molar-refractivity contribution is -0.116. The lowest BCUT2D eigenvalue weighted by Gasteiger charge is -2.33. The molecule has 0 unspecified atom stereocenters. The van der Waals surface area contributed by atoms with Gasteiger partial charge in [0.1, 0.15) is 5.82 Å². The summed E-state index contributed by atoms with van der Waals surface area (Å²) in [5, 5.41) is 6.71. The lowest BCUT2D eigenvalue weighted by atomic mass is 10.00. The quantitative estimate of drug-likeness (QED) is 0.150. The fourth-order valence-electron chi connectivity index (χ4n) is 6.05. The van der Waals surface area contributed by atoms with Gasteiger partial charge in [-0.25, -0.2) is 4.98 Å². The van der Waals surface area contributed by atoms with Crippen LogP contribution in [0.3, 0.4) is 0 Å². The molecule has 0 saturated carbocycles. The first-order valence-corrected chi connectivity index (χ1v) is 16.2. The van der Waals surface area contributed by atoms with Gasteiger partial charge in [0.25, 0.3) is 11.5 Å². The number of H-pyrrole nitrogens is 1. The first-order valence-electron chi connectivity index (χ1n) is 16.2. The Bertz CT molecular complexity index is 1750. The third-order valence-electron chi connectivity index (χ3n) is 8.66. The van der Waals surface area contributed by atoms with Gasteiger partial charge in [-0.2, -0.15) is 0 Å². The number of carbonyl (C=O) groups excluding carboxylic acids is 2. The maximum atomic E-state index is 13.8. The number of anilines is 1. The number of nitrogens with zero attached hydrogens (tertiary/aromatic N) is 4. The monoisotopic (exact) mass is 623 g/mol. The molecule has 0 atom stereocenters. The van der Waals surface area contributed by atoms with Crippen LogP contribution in [-0.2, 0) is 24.3 Å². The molecule has 0 bridgehead atoms. The van der Waals surface area contributed by atoms with Crippen LogP contribution in [0.2, 0.25) is 0 Å². The number of unbranched alkanes of at least 4 members (excludes halogenated alkanes) is 1. The van der Waals surface area contributed by atoms with Crippen molar-refractivity contribution >= 4 is 28.5 Å². The summed E-state index contributed by atoms with van der Waals surface area (Å²) in [5.41, 5.74) is 5.53. The molecule has 10 heteroatoms. The van der Waals surface area contributed by atoms with E-state index in [1.54, 1.807) is 0 Å². The first-order chi connectivity index (χ1) is 22.3. The average molecular weight is 624 g/mol. The second-order valence-electron chi connectivity index (χ2n) is 12.1. The van der Waals surface area contributed by atoms with Crippen molar-refractivity contribution in [1.29, 1.82) is 0 Å². The van der Waals surface area contributed by atoms with Crippen molar-refractivity contribution in [3.63, 3.8) is 0 Å². The van der Waals surface area contributed by atoms with Crippen molar-refractivity contribution in [2.75, 3.05) is 44.7 Å². The van der Waals surface area contributed by atoms with E-state index in [0.29, 0.717) is 17.7 Å². The summed E-state index contributed by atoms with van der Waals surface area (Å²) >= 11 is 0. The Morgan fingerprint density at radius 3 is 2.57 bits per heavy atom. The van der Waals surface area contributed by atoms with Gasteiger partial charge in [-0.05, 0) is 86.8 Å². The second-order valence-corrected chi connectivity index (χ2v) is 12.1. The molecule has 1 aliphatic rings. The zero-order chi connectivity index (χ0) is 32.6. The number of aryl methyl sites for hydroxylation is 3. The molecule has 3 N–H and O–H groups in total. The second kappa shape index (κ2) is 15.1. The highest BCUT2D eigenvalue weighted by molar-refractivity contribution is 6.08. The highest BCUT2D eigenvalue weighted by Crippen LogP contribution is 2.30. The number of pyridine rings is 2. The van der Waals surface area contributed by atoms with E-state index in [4.69, 9.17) is 4.98 Å². The van der Waals surface area contributed by atoms with Crippen LogP contribution in [0.5, 0.6) is 0 Å². The Labute approximate surface area is 270 Å². The van der Waals surface area contributed by atoms with Gasteiger partial charge in [0, 0.05) is 91.5 Å². The molecule has 4 heterocycles. The summed E-state index contributed by atoms with van der Waals surface area (Å²) in [6.45, 7) is 12.8. The molecule has 242 valence electrons. The predicted molar refractivity (Wildman–Crippen MR) is 184 cm³/mol. The van der Waals surface area contributed by atoms with Gasteiger partial charge in [-0.1, -0.05) is 19.9 Å². The molecule has 1 aliphatic heterocycles. The van der Waals surface area contributed by atoms with E-state index in [-0.39, 0.29) is 23.9 Å². The third kappa shape index (κ3) is 7.74. The van der Waals surface area contributed by atoms with E-state index in [9.17, 15) is 14.4 Å². The third-order valence-corrected chi connectivity index (χ3v) is 8.66. The summed E-state index contributed by atoms with van der Waals surface area (Å²) in [6, 6.07) is 12.1. The lowest BCUT2D eigenvalue weighted by Crippen LogP contribution is -2.44. The maximum Gasteiger partial charge on any atom is 0.253 e. The minimum Gasteiger partial charge on any atom is -0.354 e. The van der Waals surface area contributed by atoms with Crippen LogP contribution >= 0.6 is 0 Å². The Hall–Kier alpha value is -4.70. The average Bonchev–Trinajstić information content (AvgIpc) is 3.46. The summed E-state index contributed by atoms with van der Waals surface area (Å²) in [7, 11) is 2.14. The predicted octanol–water partition coefficient (Wildman–Crippen LogP) is 4.42. The van der Waals surface area contributed by atoms with E-state index < -0.39 is 0 Å². The highest BCUT2D eigenvalue weighted by atomic mass is 16.2. The van der Waals surface area contributed by atoms with Gasteiger partial charge in [-0.15, -0.1) is 0 Å². The Morgan fingerprint density at radius 2 is 1.85 bits per heavy atom. The summed E-state index contributed by atoms with van der Waals surface area (Å²) in [4.78, 5) is 50.5. The number of aromatic amines is 1. The summed E-state index contributed by atoms with van der Waals surface area (Å²) in [5.74, 6) is 0.545. The minimum atomic E-state index is -0.235. The van der Waals surface area contributed by atoms with Gasteiger partial charge < -0.3 is 30.0 Å². The zero-order valence-corrected chi connectivity index (χ0v) is 27.2. The van der Waals surface area contributed by atoms with Crippen LogP contribution in [0.4, 0.5) is 5.82 Å². The van der Waals surface area contributed by atoms with Crippen LogP contribution in [-0.4, -0.2) is 71.0 Å². The first kappa shape index (κ1) is 32.7. The van der Waals surface area contributed by atoms with Crippen LogP contribution in [0.1, 0.15) is 53.4 Å². The van der Waals surface area contributed by atoms with Crippen LogP contribution in [0.25, 0.3) is 22.0 Å². The summed E-state index contributed by atoms with van der Waals surface area (Å²) < 4.78 is 2.15. The molecule has 10 nitrogen and oxygen atoms in total. The smallest absolute Gasteiger partial charge is 0.253 e.